The topological polar surface area (TPSA) is 57.8 Å². The zero-order valence-corrected chi connectivity index (χ0v) is 11.6. The van der Waals surface area contributed by atoms with Gasteiger partial charge in [-0.1, -0.05) is 29.8 Å². The monoisotopic (exact) mass is 269 g/mol. The maximum absolute atomic E-state index is 12.2. The lowest BCUT2D eigenvalue weighted by Gasteiger charge is -2.20. The van der Waals surface area contributed by atoms with Crippen LogP contribution in [-0.4, -0.2) is 16.1 Å². The molecule has 3 rings (SSSR count). The third-order valence-electron chi connectivity index (χ3n) is 3.98. The first-order valence-corrected chi connectivity index (χ1v) is 7.07. The number of H-pyrrole nitrogens is 1. The Morgan fingerprint density at radius 2 is 2.20 bits per heavy atom. The fourth-order valence-corrected chi connectivity index (χ4v) is 2.67. The van der Waals surface area contributed by atoms with Crippen LogP contribution in [-0.2, 0) is 24.2 Å². The molecule has 0 saturated heterocycles. The average Bonchev–Trinajstić information content (AvgIpc) is 2.93. The second kappa shape index (κ2) is 5.49. The number of nitrogens with one attached hydrogen (secondary N) is 2. The molecule has 4 heteroatoms. The molecular formula is C16H19N3O. The number of benzene rings is 1. The average molecular weight is 269 g/mol. The molecule has 1 amide bonds. The molecule has 0 bridgehead atoms. The Balaban J connectivity index is 1.56. The maximum Gasteiger partial charge on any atom is 0.223 e. The summed E-state index contributed by atoms with van der Waals surface area (Å²) in [7, 11) is 0. The molecule has 0 spiro atoms. The van der Waals surface area contributed by atoms with Crippen LogP contribution in [0.1, 0.15) is 28.8 Å². The molecule has 0 fully saturated rings. The van der Waals surface area contributed by atoms with E-state index in [4.69, 9.17) is 0 Å². The van der Waals surface area contributed by atoms with E-state index in [1.165, 1.54) is 11.1 Å². The molecule has 104 valence electrons. The maximum atomic E-state index is 12.2. The van der Waals surface area contributed by atoms with Crippen LogP contribution in [0.5, 0.6) is 0 Å². The first-order valence-electron chi connectivity index (χ1n) is 7.07. The van der Waals surface area contributed by atoms with Crippen molar-refractivity contribution in [2.45, 2.75) is 32.7 Å². The van der Waals surface area contributed by atoms with E-state index >= 15 is 0 Å². The third kappa shape index (κ3) is 2.74. The van der Waals surface area contributed by atoms with Crippen LogP contribution in [0.15, 0.2) is 30.5 Å². The minimum Gasteiger partial charge on any atom is -0.352 e. The third-order valence-corrected chi connectivity index (χ3v) is 3.98. The van der Waals surface area contributed by atoms with E-state index in [9.17, 15) is 4.79 Å². The fraction of sp³-hybridized carbons (Fsp3) is 0.375. The smallest absolute Gasteiger partial charge is 0.223 e. The number of hydrogen-bond donors (Lipinski definition) is 2. The molecule has 0 unspecified atom stereocenters. The van der Waals surface area contributed by atoms with E-state index in [0.29, 0.717) is 6.54 Å². The number of rotatable bonds is 3. The Hall–Kier alpha value is -2.10. The number of aromatic amines is 1. The van der Waals surface area contributed by atoms with Crippen molar-refractivity contribution in [2.75, 3.05) is 0 Å². The van der Waals surface area contributed by atoms with Crippen molar-refractivity contribution in [3.8, 4) is 0 Å². The van der Waals surface area contributed by atoms with Gasteiger partial charge in [0, 0.05) is 24.6 Å². The zero-order chi connectivity index (χ0) is 13.9. The summed E-state index contributed by atoms with van der Waals surface area (Å²) in [6, 6.07) is 8.25. The molecule has 1 heterocycles. The molecule has 2 N–H and O–H groups in total. The van der Waals surface area contributed by atoms with Gasteiger partial charge in [0.05, 0.1) is 6.20 Å². The van der Waals surface area contributed by atoms with Crippen LogP contribution >= 0.6 is 0 Å². The van der Waals surface area contributed by atoms with Crippen molar-refractivity contribution in [3.63, 3.8) is 0 Å². The highest BCUT2D eigenvalue weighted by Crippen LogP contribution is 2.23. The molecule has 1 aromatic heterocycles. The van der Waals surface area contributed by atoms with E-state index in [2.05, 4.69) is 46.7 Å². The Morgan fingerprint density at radius 3 is 3.00 bits per heavy atom. The Bertz CT molecular complexity index is 600. The van der Waals surface area contributed by atoms with Gasteiger partial charge in [-0.05, 0) is 30.9 Å². The molecule has 1 aliphatic rings. The van der Waals surface area contributed by atoms with Gasteiger partial charge < -0.3 is 5.32 Å². The van der Waals surface area contributed by atoms with Crippen molar-refractivity contribution in [1.82, 2.24) is 15.5 Å². The second-order valence-corrected chi connectivity index (χ2v) is 5.52. The van der Waals surface area contributed by atoms with Crippen molar-refractivity contribution in [2.24, 2.45) is 5.92 Å². The van der Waals surface area contributed by atoms with Gasteiger partial charge in [0.15, 0.2) is 0 Å². The highest BCUT2D eigenvalue weighted by atomic mass is 16.1. The fourth-order valence-electron chi connectivity index (χ4n) is 2.67. The molecule has 20 heavy (non-hydrogen) atoms. The van der Waals surface area contributed by atoms with Crippen LogP contribution in [0.4, 0.5) is 0 Å². The van der Waals surface area contributed by atoms with Crippen molar-refractivity contribution < 1.29 is 4.79 Å². The van der Waals surface area contributed by atoms with Crippen LogP contribution in [0.25, 0.3) is 0 Å². The number of hydrogen-bond acceptors (Lipinski definition) is 2. The molecule has 1 aromatic carbocycles. The second-order valence-electron chi connectivity index (χ2n) is 5.52. The predicted octanol–water partition coefficient (Wildman–Crippen LogP) is 2.14. The Kier molecular flexibility index (Phi) is 3.54. The number of nitrogens with zero attached hydrogens (tertiary/aromatic N) is 1. The predicted molar refractivity (Wildman–Crippen MR) is 77.1 cm³/mol. The molecule has 1 aliphatic carbocycles. The van der Waals surface area contributed by atoms with Crippen LogP contribution < -0.4 is 5.32 Å². The molecule has 4 nitrogen and oxygen atoms in total. The first-order chi connectivity index (χ1) is 9.72. The van der Waals surface area contributed by atoms with Gasteiger partial charge >= 0.3 is 0 Å². The molecule has 2 aromatic rings. The summed E-state index contributed by atoms with van der Waals surface area (Å²) in [6.45, 7) is 2.66. The molecule has 0 radical (unpaired) electrons. The highest BCUT2D eigenvalue weighted by Gasteiger charge is 2.25. The van der Waals surface area contributed by atoms with Gasteiger partial charge in [-0.15, -0.1) is 0 Å². The number of fused-ring (bicyclic) bond motifs is 1. The SMILES string of the molecule is Cc1ccc(CNC(=O)[C@H]2CCc3cn[nH]c3C2)cc1. The largest absolute Gasteiger partial charge is 0.352 e. The summed E-state index contributed by atoms with van der Waals surface area (Å²) in [6.07, 6.45) is 4.49. The minimum atomic E-state index is 0.0633. The van der Waals surface area contributed by atoms with E-state index in [1.54, 1.807) is 0 Å². The van der Waals surface area contributed by atoms with Crippen LogP contribution in [0, 0.1) is 12.8 Å². The van der Waals surface area contributed by atoms with Crippen molar-refractivity contribution in [3.05, 3.63) is 52.8 Å². The first kappa shape index (κ1) is 12.9. The Labute approximate surface area is 118 Å². The van der Waals surface area contributed by atoms with Gasteiger partial charge in [-0.2, -0.15) is 5.10 Å². The van der Waals surface area contributed by atoms with E-state index < -0.39 is 0 Å². The van der Waals surface area contributed by atoms with Crippen LogP contribution in [0.2, 0.25) is 0 Å². The van der Waals surface area contributed by atoms with Gasteiger partial charge in [0.25, 0.3) is 0 Å². The standard InChI is InChI=1S/C16H19N3O/c1-11-2-4-12(5-3-11)9-17-16(20)13-6-7-14-10-18-19-15(14)8-13/h2-5,10,13H,6-9H2,1H3,(H,17,20)(H,18,19)/t13-/m0/s1. The number of carbonyl (C=O) groups is 1. The van der Waals surface area contributed by atoms with Crippen LogP contribution in [0.3, 0.4) is 0 Å². The van der Waals surface area contributed by atoms with Crippen molar-refractivity contribution >= 4 is 5.91 Å². The summed E-state index contributed by atoms with van der Waals surface area (Å²) in [5.41, 5.74) is 4.75. The zero-order valence-electron chi connectivity index (χ0n) is 11.6. The summed E-state index contributed by atoms with van der Waals surface area (Å²) >= 11 is 0. The number of aromatic nitrogens is 2. The number of amides is 1. The van der Waals surface area contributed by atoms with Gasteiger partial charge in [-0.3, -0.25) is 9.89 Å². The molecular weight excluding hydrogens is 250 g/mol. The van der Waals surface area contributed by atoms with Gasteiger partial charge in [0.1, 0.15) is 0 Å². The number of carbonyl (C=O) groups excluding carboxylic acids is 1. The summed E-state index contributed by atoms with van der Waals surface area (Å²) in [5.74, 6) is 0.208. The highest BCUT2D eigenvalue weighted by molar-refractivity contribution is 5.79. The van der Waals surface area contributed by atoms with Crippen molar-refractivity contribution in [1.29, 1.82) is 0 Å². The van der Waals surface area contributed by atoms with E-state index in [0.717, 1.165) is 30.5 Å². The van der Waals surface area contributed by atoms with Gasteiger partial charge in [0.2, 0.25) is 5.91 Å². The molecule has 0 aliphatic heterocycles. The molecule has 1 atom stereocenters. The van der Waals surface area contributed by atoms with E-state index in [1.807, 2.05) is 6.20 Å². The lowest BCUT2D eigenvalue weighted by Crippen LogP contribution is -2.33. The van der Waals surface area contributed by atoms with E-state index in [-0.39, 0.29) is 11.8 Å². The van der Waals surface area contributed by atoms with Gasteiger partial charge in [-0.25, -0.2) is 0 Å². The minimum absolute atomic E-state index is 0.0633. The quantitative estimate of drug-likeness (QED) is 0.897. The summed E-state index contributed by atoms with van der Waals surface area (Å²) in [5, 5.41) is 10.1. The Morgan fingerprint density at radius 1 is 1.40 bits per heavy atom. The summed E-state index contributed by atoms with van der Waals surface area (Å²) in [4.78, 5) is 12.2. The lowest BCUT2D eigenvalue weighted by molar-refractivity contribution is -0.125. The summed E-state index contributed by atoms with van der Waals surface area (Å²) < 4.78 is 0. The normalized spacial score (nSPS) is 17.6. The molecule has 0 saturated carbocycles. The number of aryl methyl sites for hydroxylation is 2. The lowest BCUT2D eigenvalue weighted by atomic mass is 9.87.